The number of fused-ring (bicyclic) bond motifs is 2. The van der Waals surface area contributed by atoms with E-state index in [9.17, 15) is 9.59 Å². The van der Waals surface area contributed by atoms with Crippen molar-refractivity contribution in [3.8, 4) is 0 Å². The highest BCUT2D eigenvalue weighted by atomic mass is 16.2. The number of hydrogen-bond donors (Lipinski definition) is 0. The van der Waals surface area contributed by atoms with Crippen molar-refractivity contribution in [2.24, 2.45) is 5.92 Å². The first-order valence-corrected chi connectivity index (χ1v) is 10.5. The molecule has 2 bridgehead atoms. The van der Waals surface area contributed by atoms with Gasteiger partial charge < -0.3 is 9.80 Å². The summed E-state index contributed by atoms with van der Waals surface area (Å²) >= 11 is 0. The van der Waals surface area contributed by atoms with Crippen LogP contribution in [-0.4, -0.2) is 71.3 Å². The van der Waals surface area contributed by atoms with Gasteiger partial charge in [-0.15, -0.1) is 0 Å². The second-order valence-electron chi connectivity index (χ2n) is 8.84. The van der Waals surface area contributed by atoms with Crippen LogP contribution in [0.2, 0.25) is 0 Å². The summed E-state index contributed by atoms with van der Waals surface area (Å²) in [5.74, 6) is 1.30. The van der Waals surface area contributed by atoms with E-state index in [2.05, 4.69) is 41.0 Å². The van der Waals surface area contributed by atoms with Crippen LogP contribution < -0.4 is 0 Å². The number of hydrogen-bond acceptors (Lipinski definition) is 3. The lowest BCUT2D eigenvalue weighted by Gasteiger charge is -2.51. The number of benzene rings is 1. The molecule has 5 saturated heterocycles. The molecule has 0 unspecified atom stereocenters. The minimum absolute atomic E-state index is 0.142. The zero-order valence-corrected chi connectivity index (χ0v) is 16.1. The van der Waals surface area contributed by atoms with Crippen LogP contribution in [0.3, 0.4) is 0 Å². The topological polar surface area (TPSA) is 43.9 Å². The van der Waals surface area contributed by atoms with Gasteiger partial charge in [-0.2, -0.15) is 0 Å². The van der Waals surface area contributed by atoms with Crippen molar-refractivity contribution in [3.63, 3.8) is 0 Å². The summed E-state index contributed by atoms with van der Waals surface area (Å²) in [4.78, 5) is 31.8. The monoisotopic (exact) mass is 367 g/mol. The SMILES string of the molecule is Cc1ccc([C@@H]2CN(C(=O)CN3CCCC3=O)[C@@H]3C4CCN(CC4)[C@@H]32)cc1. The molecule has 1 aromatic carbocycles. The molecule has 0 aromatic heterocycles. The smallest absolute Gasteiger partial charge is 0.242 e. The van der Waals surface area contributed by atoms with Crippen LogP contribution >= 0.6 is 0 Å². The Morgan fingerprint density at radius 1 is 1.07 bits per heavy atom. The molecule has 5 aliphatic rings. The highest BCUT2D eigenvalue weighted by Crippen LogP contribution is 2.46. The van der Waals surface area contributed by atoms with Gasteiger partial charge in [0, 0.05) is 31.5 Å². The average molecular weight is 367 g/mol. The molecule has 1 aromatic rings. The van der Waals surface area contributed by atoms with Gasteiger partial charge in [0.1, 0.15) is 0 Å². The molecular weight excluding hydrogens is 338 g/mol. The molecule has 0 saturated carbocycles. The summed E-state index contributed by atoms with van der Waals surface area (Å²) in [5, 5.41) is 0. The van der Waals surface area contributed by atoms with E-state index in [4.69, 9.17) is 0 Å². The van der Waals surface area contributed by atoms with E-state index >= 15 is 0 Å². The molecule has 5 fully saturated rings. The van der Waals surface area contributed by atoms with Crippen molar-refractivity contribution in [1.29, 1.82) is 0 Å². The summed E-state index contributed by atoms with van der Waals surface area (Å²) in [6.45, 7) is 6.27. The summed E-state index contributed by atoms with van der Waals surface area (Å²) in [6.07, 6.45) is 3.89. The van der Waals surface area contributed by atoms with Gasteiger partial charge in [0.2, 0.25) is 11.8 Å². The normalized spacial score (nSPS) is 35.0. The van der Waals surface area contributed by atoms with Gasteiger partial charge in [-0.1, -0.05) is 29.8 Å². The van der Waals surface area contributed by atoms with Gasteiger partial charge >= 0.3 is 0 Å². The predicted octanol–water partition coefficient (Wildman–Crippen LogP) is 2.01. The molecule has 3 atom stereocenters. The van der Waals surface area contributed by atoms with Crippen LogP contribution in [0, 0.1) is 12.8 Å². The Bertz CT molecular complexity index is 738. The molecular formula is C22H29N3O2. The lowest BCUT2D eigenvalue weighted by molar-refractivity contribution is -0.141. The van der Waals surface area contributed by atoms with Crippen LogP contribution in [0.1, 0.15) is 42.7 Å². The quantitative estimate of drug-likeness (QED) is 0.821. The van der Waals surface area contributed by atoms with E-state index in [0.29, 0.717) is 30.3 Å². The lowest BCUT2D eigenvalue weighted by atomic mass is 9.75. The van der Waals surface area contributed by atoms with Gasteiger partial charge in [0.05, 0.1) is 12.6 Å². The van der Waals surface area contributed by atoms with E-state index in [-0.39, 0.29) is 18.4 Å². The van der Waals surface area contributed by atoms with Crippen LogP contribution in [0.5, 0.6) is 0 Å². The lowest BCUT2D eigenvalue weighted by Crippen LogP contribution is -2.61. The van der Waals surface area contributed by atoms with Crippen molar-refractivity contribution in [2.75, 3.05) is 32.7 Å². The Balaban J connectivity index is 1.42. The molecule has 2 amide bonds. The highest BCUT2D eigenvalue weighted by molar-refractivity contribution is 5.86. The zero-order chi connectivity index (χ0) is 18.5. The Morgan fingerprint density at radius 3 is 2.48 bits per heavy atom. The van der Waals surface area contributed by atoms with Crippen molar-refractivity contribution in [1.82, 2.24) is 14.7 Å². The fourth-order valence-corrected chi connectivity index (χ4v) is 5.94. The largest absolute Gasteiger partial charge is 0.336 e. The Morgan fingerprint density at radius 2 is 1.81 bits per heavy atom. The fourth-order valence-electron chi connectivity index (χ4n) is 5.94. The first-order chi connectivity index (χ1) is 13.1. The van der Waals surface area contributed by atoms with Crippen molar-refractivity contribution in [3.05, 3.63) is 35.4 Å². The maximum absolute atomic E-state index is 13.2. The summed E-state index contributed by atoms with van der Waals surface area (Å²) in [6, 6.07) is 9.64. The second-order valence-corrected chi connectivity index (χ2v) is 8.84. The molecule has 144 valence electrons. The summed E-state index contributed by atoms with van der Waals surface area (Å²) < 4.78 is 0. The second kappa shape index (κ2) is 6.62. The van der Waals surface area contributed by atoms with Crippen molar-refractivity contribution < 1.29 is 9.59 Å². The molecule has 5 aliphatic heterocycles. The number of aryl methyl sites for hydroxylation is 1. The van der Waals surface area contributed by atoms with Crippen molar-refractivity contribution >= 4 is 11.8 Å². The first kappa shape index (κ1) is 17.2. The number of rotatable bonds is 3. The van der Waals surface area contributed by atoms with Gasteiger partial charge in [0.15, 0.2) is 0 Å². The number of carbonyl (C=O) groups excluding carboxylic acids is 2. The molecule has 5 heterocycles. The summed E-state index contributed by atoms with van der Waals surface area (Å²) in [7, 11) is 0. The molecule has 5 heteroatoms. The van der Waals surface area contributed by atoms with E-state index in [1.165, 1.54) is 37.1 Å². The Kier molecular flexibility index (Phi) is 4.23. The molecule has 0 spiro atoms. The summed E-state index contributed by atoms with van der Waals surface area (Å²) in [5.41, 5.74) is 2.63. The van der Waals surface area contributed by atoms with Gasteiger partial charge in [0.25, 0.3) is 0 Å². The van der Waals surface area contributed by atoms with E-state index in [0.717, 1.165) is 19.5 Å². The number of likely N-dealkylation sites (tertiary alicyclic amines) is 2. The van der Waals surface area contributed by atoms with Crippen LogP contribution in [-0.2, 0) is 9.59 Å². The van der Waals surface area contributed by atoms with Crippen molar-refractivity contribution in [2.45, 2.75) is 50.6 Å². The maximum atomic E-state index is 13.2. The maximum Gasteiger partial charge on any atom is 0.242 e. The Labute approximate surface area is 161 Å². The molecule has 0 aliphatic carbocycles. The van der Waals surface area contributed by atoms with Gasteiger partial charge in [-0.3, -0.25) is 14.5 Å². The molecule has 6 rings (SSSR count). The highest BCUT2D eigenvalue weighted by Gasteiger charge is 2.54. The fraction of sp³-hybridized carbons (Fsp3) is 0.636. The van der Waals surface area contributed by atoms with Gasteiger partial charge in [-0.05, 0) is 50.8 Å². The third kappa shape index (κ3) is 2.87. The average Bonchev–Trinajstić information content (AvgIpc) is 3.29. The first-order valence-electron chi connectivity index (χ1n) is 10.5. The third-order valence-electron chi connectivity index (χ3n) is 7.32. The number of amides is 2. The molecule has 0 radical (unpaired) electrons. The zero-order valence-electron chi connectivity index (χ0n) is 16.1. The van der Waals surface area contributed by atoms with E-state index in [1.807, 2.05) is 0 Å². The van der Waals surface area contributed by atoms with Crippen LogP contribution in [0.25, 0.3) is 0 Å². The number of nitrogens with zero attached hydrogens (tertiary/aromatic N) is 3. The standard InChI is InChI=1S/C22H29N3O2/c1-15-4-6-16(7-5-15)18-13-25(20(27)14-24-10-2-3-19(24)26)21-17-8-11-23(12-9-17)22(18)21/h4-7,17-18,21-22H,2-3,8-14H2,1H3/t18-,21+,22+/m0/s1. The Hall–Kier alpha value is -1.88. The van der Waals surface area contributed by atoms with Crippen LogP contribution in [0.4, 0.5) is 0 Å². The third-order valence-corrected chi connectivity index (χ3v) is 7.32. The van der Waals surface area contributed by atoms with Crippen LogP contribution in [0.15, 0.2) is 24.3 Å². The van der Waals surface area contributed by atoms with E-state index < -0.39 is 0 Å². The number of carbonyl (C=O) groups is 2. The molecule has 5 nitrogen and oxygen atoms in total. The minimum atomic E-state index is 0.142. The van der Waals surface area contributed by atoms with Gasteiger partial charge in [-0.25, -0.2) is 0 Å². The molecule has 27 heavy (non-hydrogen) atoms. The van der Waals surface area contributed by atoms with E-state index in [1.54, 1.807) is 4.90 Å². The predicted molar refractivity (Wildman–Crippen MR) is 103 cm³/mol. The minimum Gasteiger partial charge on any atom is -0.336 e. The number of piperidine rings is 3. The molecule has 0 N–H and O–H groups in total.